The molecule has 1 atom stereocenters. The Labute approximate surface area is 68.6 Å². The van der Waals surface area contributed by atoms with Crippen LogP contribution in [-0.4, -0.2) is 30.8 Å². The average Bonchev–Trinajstić information content (AvgIpc) is 1.85. The summed E-state index contributed by atoms with van der Waals surface area (Å²) in [6, 6.07) is 0. The minimum absolute atomic E-state index is 0.338. The maximum atomic E-state index is 10.8. The number of nitrogens with zero attached hydrogens (tertiary/aromatic N) is 1. The fraction of sp³-hybridized carbons (Fsp3) is 0.889. The fourth-order valence-corrected chi connectivity index (χ4v) is 1.85. The maximum absolute atomic E-state index is 10.8. The van der Waals surface area contributed by atoms with E-state index in [0.29, 0.717) is 11.7 Å². The van der Waals surface area contributed by atoms with E-state index in [4.69, 9.17) is 0 Å². The molecule has 0 radical (unpaired) electrons. The molecule has 2 nitrogen and oxygen atoms in total. The topological polar surface area (TPSA) is 20.3 Å². The van der Waals surface area contributed by atoms with Gasteiger partial charge >= 0.3 is 0 Å². The molecule has 1 fully saturated rings. The van der Waals surface area contributed by atoms with Gasteiger partial charge in [-0.25, -0.2) is 0 Å². The first-order valence-electron chi connectivity index (χ1n) is 4.36. The van der Waals surface area contributed by atoms with Crippen molar-refractivity contribution in [2.45, 2.75) is 26.2 Å². The van der Waals surface area contributed by atoms with Crippen LogP contribution in [0, 0.1) is 5.92 Å². The zero-order valence-electron chi connectivity index (χ0n) is 7.47. The van der Waals surface area contributed by atoms with Crippen LogP contribution < -0.4 is 0 Å². The molecule has 0 spiro atoms. The Balaban J connectivity index is 2.28. The number of carbonyl (C=O) groups excluding carboxylic acids is 1. The predicted octanol–water partition coefficient (Wildman–Crippen LogP) is 1.31. The smallest absolute Gasteiger partial charge is 0.130 e. The number of carbonyl (C=O) groups is 1. The zero-order valence-corrected chi connectivity index (χ0v) is 7.47. The molecule has 1 rings (SSSR count). The molecule has 0 saturated carbocycles. The minimum Gasteiger partial charge on any atom is -0.306 e. The van der Waals surface area contributed by atoms with E-state index in [-0.39, 0.29) is 0 Å². The van der Waals surface area contributed by atoms with E-state index in [9.17, 15) is 4.79 Å². The minimum atomic E-state index is 0.338. The summed E-state index contributed by atoms with van der Waals surface area (Å²) in [5.74, 6) is 0.969. The van der Waals surface area contributed by atoms with E-state index < -0.39 is 0 Å². The Morgan fingerprint density at radius 1 is 1.64 bits per heavy atom. The lowest BCUT2D eigenvalue weighted by Gasteiger charge is -2.28. The van der Waals surface area contributed by atoms with E-state index in [1.54, 1.807) is 6.92 Å². The molecule has 1 aliphatic rings. The standard InChI is InChI=1S/C9H17NO/c1-8(11)6-9-4-3-5-10(2)7-9/h9H,3-7H2,1-2H3/t9-/m0/s1. The van der Waals surface area contributed by atoms with Crippen molar-refractivity contribution in [3.63, 3.8) is 0 Å². The Kier molecular flexibility index (Phi) is 3.06. The largest absolute Gasteiger partial charge is 0.306 e. The summed E-state index contributed by atoms with van der Waals surface area (Å²) in [6.07, 6.45) is 3.28. The van der Waals surface area contributed by atoms with Gasteiger partial charge in [-0.15, -0.1) is 0 Å². The summed E-state index contributed by atoms with van der Waals surface area (Å²) in [7, 11) is 2.13. The van der Waals surface area contributed by atoms with Crippen molar-refractivity contribution in [1.82, 2.24) is 4.90 Å². The van der Waals surface area contributed by atoms with Crippen LogP contribution in [0.2, 0.25) is 0 Å². The van der Waals surface area contributed by atoms with Gasteiger partial charge in [0.2, 0.25) is 0 Å². The van der Waals surface area contributed by atoms with Crippen molar-refractivity contribution in [2.75, 3.05) is 20.1 Å². The quantitative estimate of drug-likeness (QED) is 0.599. The van der Waals surface area contributed by atoms with Crippen molar-refractivity contribution in [2.24, 2.45) is 5.92 Å². The van der Waals surface area contributed by atoms with Crippen LogP contribution in [0.15, 0.2) is 0 Å². The second-order valence-corrected chi connectivity index (χ2v) is 3.68. The molecule has 0 unspecified atom stereocenters. The van der Waals surface area contributed by atoms with Crippen LogP contribution in [0.3, 0.4) is 0 Å². The van der Waals surface area contributed by atoms with Gasteiger partial charge in [0.15, 0.2) is 0 Å². The van der Waals surface area contributed by atoms with E-state index in [1.807, 2.05) is 0 Å². The molecular formula is C9H17NO. The molecule has 64 valence electrons. The van der Waals surface area contributed by atoms with Crippen molar-refractivity contribution in [3.8, 4) is 0 Å². The van der Waals surface area contributed by atoms with Crippen LogP contribution in [0.25, 0.3) is 0 Å². The van der Waals surface area contributed by atoms with Gasteiger partial charge < -0.3 is 9.69 Å². The van der Waals surface area contributed by atoms with Crippen molar-refractivity contribution in [3.05, 3.63) is 0 Å². The second-order valence-electron chi connectivity index (χ2n) is 3.68. The number of hydrogen-bond acceptors (Lipinski definition) is 2. The zero-order chi connectivity index (χ0) is 8.27. The van der Waals surface area contributed by atoms with E-state index in [0.717, 1.165) is 13.0 Å². The molecule has 0 aromatic rings. The van der Waals surface area contributed by atoms with Gasteiger partial charge in [-0.1, -0.05) is 0 Å². The van der Waals surface area contributed by atoms with Gasteiger partial charge in [-0.05, 0) is 39.3 Å². The lowest BCUT2D eigenvalue weighted by Crippen LogP contribution is -2.32. The Hall–Kier alpha value is -0.370. The molecule has 1 heterocycles. The summed E-state index contributed by atoms with van der Waals surface area (Å²) in [4.78, 5) is 13.1. The molecule has 0 aliphatic carbocycles. The Morgan fingerprint density at radius 3 is 2.91 bits per heavy atom. The monoisotopic (exact) mass is 155 g/mol. The number of hydrogen-bond donors (Lipinski definition) is 0. The fourth-order valence-electron chi connectivity index (χ4n) is 1.85. The number of piperidine rings is 1. The SMILES string of the molecule is CC(=O)C[C@@H]1CCCN(C)C1. The van der Waals surface area contributed by atoms with Gasteiger partial charge in [0, 0.05) is 13.0 Å². The first kappa shape index (κ1) is 8.72. The first-order valence-corrected chi connectivity index (χ1v) is 4.36. The van der Waals surface area contributed by atoms with E-state index in [1.165, 1.54) is 19.4 Å². The highest BCUT2D eigenvalue weighted by Gasteiger charge is 2.17. The normalized spacial score (nSPS) is 26.9. The van der Waals surface area contributed by atoms with Crippen molar-refractivity contribution in [1.29, 1.82) is 0 Å². The molecule has 0 amide bonds. The first-order chi connectivity index (χ1) is 5.18. The summed E-state index contributed by atoms with van der Waals surface area (Å²) in [5, 5.41) is 0. The lowest BCUT2D eigenvalue weighted by atomic mass is 9.94. The second kappa shape index (κ2) is 3.86. The van der Waals surface area contributed by atoms with Crippen LogP contribution in [-0.2, 0) is 4.79 Å². The van der Waals surface area contributed by atoms with Gasteiger partial charge in [0.1, 0.15) is 5.78 Å². The molecule has 11 heavy (non-hydrogen) atoms. The average molecular weight is 155 g/mol. The van der Waals surface area contributed by atoms with Gasteiger partial charge in [0.25, 0.3) is 0 Å². The highest BCUT2D eigenvalue weighted by molar-refractivity contribution is 5.75. The van der Waals surface area contributed by atoms with Crippen molar-refractivity contribution < 1.29 is 4.79 Å². The van der Waals surface area contributed by atoms with Gasteiger partial charge in [-0.2, -0.15) is 0 Å². The van der Waals surface area contributed by atoms with Crippen LogP contribution >= 0.6 is 0 Å². The van der Waals surface area contributed by atoms with Gasteiger partial charge in [0.05, 0.1) is 0 Å². The lowest BCUT2D eigenvalue weighted by molar-refractivity contribution is -0.118. The Bertz CT molecular complexity index is 144. The molecule has 1 aliphatic heterocycles. The van der Waals surface area contributed by atoms with Crippen LogP contribution in [0.4, 0.5) is 0 Å². The molecule has 2 heteroatoms. The Morgan fingerprint density at radius 2 is 2.36 bits per heavy atom. The van der Waals surface area contributed by atoms with Gasteiger partial charge in [-0.3, -0.25) is 0 Å². The van der Waals surface area contributed by atoms with E-state index in [2.05, 4.69) is 11.9 Å². The molecule has 0 aromatic heterocycles. The molecule has 1 saturated heterocycles. The summed E-state index contributed by atoms with van der Waals surface area (Å²) in [6.45, 7) is 4.00. The van der Waals surface area contributed by atoms with Crippen LogP contribution in [0.5, 0.6) is 0 Å². The summed E-state index contributed by atoms with van der Waals surface area (Å²) >= 11 is 0. The third-order valence-electron chi connectivity index (χ3n) is 2.30. The summed E-state index contributed by atoms with van der Waals surface area (Å²) < 4.78 is 0. The highest BCUT2D eigenvalue weighted by Crippen LogP contribution is 2.18. The number of ketones is 1. The maximum Gasteiger partial charge on any atom is 0.130 e. The molecular weight excluding hydrogens is 138 g/mol. The summed E-state index contributed by atoms with van der Waals surface area (Å²) in [5.41, 5.74) is 0. The van der Waals surface area contributed by atoms with Crippen LogP contribution in [0.1, 0.15) is 26.2 Å². The highest BCUT2D eigenvalue weighted by atomic mass is 16.1. The third kappa shape index (κ3) is 3.02. The van der Waals surface area contributed by atoms with Crippen molar-refractivity contribution >= 4 is 5.78 Å². The molecule has 0 bridgehead atoms. The molecule has 0 aromatic carbocycles. The van der Waals surface area contributed by atoms with E-state index >= 15 is 0 Å². The number of rotatable bonds is 2. The molecule has 0 N–H and O–H groups in total. The predicted molar refractivity (Wildman–Crippen MR) is 45.5 cm³/mol. The number of Topliss-reactive ketones (excluding diaryl/α,β-unsaturated/α-hetero) is 1. The number of likely N-dealkylation sites (tertiary alicyclic amines) is 1. The third-order valence-corrected chi connectivity index (χ3v) is 2.30.